The van der Waals surface area contributed by atoms with Gasteiger partial charge in [0, 0.05) is 29.7 Å². The van der Waals surface area contributed by atoms with Crippen LogP contribution in [-0.2, 0) is 0 Å². The van der Waals surface area contributed by atoms with E-state index >= 15 is 0 Å². The summed E-state index contributed by atoms with van der Waals surface area (Å²) in [6, 6.07) is 0.582. The normalized spacial score (nSPS) is 42.3. The molecule has 0 radical (unpaired) electrons. The van der Waals surface area contributed by atoms with Crippen molar-refractivity contribution in [2.45, 2.75) is 58.5 Å². The fourth-order valence-corrected chi connectivity index (χ4v) is 5.17. The zero-order chi connectivity index (χ0) is 16.2. The maximum Gasteiger partial charge on any atom is 0.0339 e. The predicted molar refractivity (Wildman–Crippen MR) is 97.0 cm³/mol. The van der Waals surface area contributed by atoms with Crippen LogP contribution in [0.25, 0.3) is 0 Å². The lowest BCUT2D eigenvalue weighted by atomic mass is 9.65. The lowest BCUT2D eigenvalue weighted by Gasteiger charge is -2.45. The Morgan fingerprint density at radius 2 is 2.22 bits per heavy atom. The minimum atomic E-state index is 0.185. The molecule has 23 heavy (non-hydrogen) atoms. The van der Waals surface area contributed by atoms with Gasteiger partial charge in [0.2, 0.25) is 0 Å². The maximum absolute atomic E-state index is 3.95. The maximum atomic E-state index is 3.95. The van der Waals surface area contributed by atoms with Crippen LogP contribution < -0.4 is 10.6 Å². The third-order valence-corrected chi connectivity index (χ3v) is 6.74. The van der Waals surface area contributed by atoms with Crippen molar-refractivity contribution in [1.82, 2.24) is 10.6 Å². The van der Waals surface area contributed by atoms with Crippen LogP contribution in [0.2, 0.25) is 0 Å². The molecule has 0 aromatic carbocycles. The van der Waals surface area contributed by atoms with E-state index in [2.05, 4.69) is 62.6 Å². The van der Waals surface area contributed by atoms with E-state index in [1.165, 1.54) is 36.1 Å². The highest BCUT2D eigenvalue weighted by Gasteiger charge is 2.50. The summed E-state index contributed by atoms with van der Waals surface area (Å²) in [6.07, 6.45) is 13.2. The Morgan fingerprint density at radius 1 is 1.39 bits per heavy atom. The smallest absolute Gasteiger partial charge is 0.0339 e. The van der Waals surface area contributed by atoms with Crippen molar-refractivity contribution < 1.29 is 0 Å². The van der Waals surface area contributed by atoms with Crippen LogP contribution >= 0.6 is 0 Å². The number of rotatable bonds is 2. The summed E-state index contributed by atoms with van der Waals surface area (Å²) in [5, 5.41) is 7.80. The highest BCUT2D eigenvalue weighted by Crippen LogP contribution is 2.50. The Kier molecular flexibility index (Phi) is 3.57. The SMILES string of the molecule is CC(C)=CCC1C2CC3=C4C=C2NC1C(C)C(C)(C3)NC/C=C\4. The number of nitrogens with one attached hydrogen (secondary N) is 2. The molecule has 0 amide bonds. The van der Waals surface area contributed by atoms with Crippen LogP contribution in [0.4, 0.5) is 0 Å². The van der Waals surface area contributed by atoms with E-state index in [0.717, 1.165) is 12.5 Å². The van der Waals surface area contributed by atoms with Gasteiger partial charge in [0.25, 0.3) is 0 Å². The lowest BCUT2D eigenvalue weighted by molar-refractivity contribution is 0.158. The number of hydrogen-bond acceptors (Lipinski definition) is 2. The molecule has 0 spiro atoms. The van der Waals surface area contributed by atoms with Gasteiger partial charge >= 0.3 is 0 Å². The summed E-state index contributed by atoms with van der Waals surface area (Å²) in [4.78, 5) is 0. The Morgan fingerprint density at radius 3 is 3.00 bits per heavy atom. The predicted octanol–water partition coefficient (Wildman–Crippen LogP) is 4.09. The van der Waals surface area contributed by atoms with E-state index in [1.807, 2.05) is 0 Å². The first kappa shape index (κ1) is 15.3. The third kappa shape index (κ3) is 2.42. The minimum absolute atomic E-state index is 0.185. The number of fused-ring (bicyclic) bond motifs is 2. The molecule has 2 N–H and O–H groups in total. The number of allylic oxidation sites excluding steroid dienone is 6. The molecule has 1 saturated heterocycles. The Bertz CT molecular complexity index is 632. The van der Waals surface area contributed by atoms with E-state index in [1.54, 1.807) is 5.57 Å². The minimum Gasteiger partial charge on any atom is -0.385 e. The van der Waals surface area contributed by atoms with Crippen LogP contribution in [0.1, 0.15) is 47.0 Å². The first-order valence-corrected chi connectivity index (χ1v) is 9.23. The molecular formula is C21H30N2. The van der Waals surface area contributed by atoms with Gasteiger partial charge < -0.3 is 10.6 Å². The summed E-state index contributed by atoms with van der Waals surface area (Å²) in [5.74, 6) is 2.05. The molecule has 5 unspecified atom stereocenters. The zero-order valence-corrected chi connectivity index (χ0v) is 14.9. The molecule has 2 heteroatoms. The van der Waals surface area contributed by atoms with Crippen molar-refractivity contribution in [3.8, 4) is 0 Å². The fraction of sp³-hybridized carbons (Fsp3) is 0.619. The van der Waals surface area contributed by atoms with Gasteiger partial charge in [-0.2, -0.15) is 0 Å². The summed E-state index contributed by atoms with van der Waals surface area (Å²) in [6.45, 7) is 10.3. The second-order valence-electron chi connectivity index (χ2n) is 8.49. The third-order valence-electron chi connectivity index (χ3n) is 6.74. The van der Waals surface area contributed by atoms with E-state index in [9.17, 15) is 0 Å². The van der Waals surface area contributed by atoms with Crippen molar-refractivity contribution in [2.75, 3.05) is 6.54 Å². The molecule has 2 nitrogen and oxygen atoms in total. The molecule has 2 aliphatic carbocycles. The van der Waals surface area contributed by atoms with Crippen molar-refractivity contribution in [3.63, 3.8) is 0 Å². The second kappa shape index (κ2) is 5.37. The molecule has 2 heterocycles. The second-order valence-corrected chi connectivity index (χ2v) is 8.49. The molecule has 0 aromatic heterocycles. The van der Waals surface area contributed by atoms with Crippen LogP contribution in [-0.4, -0.2) is 18.1 Å². The quantitative estimate of drug-likeness (QED) is 0.751. The highest BCUT2D eigenvalue weighted by atomic mass is 15.1. The lowest BCUT2D eigenvalue weighted by Crippen LogP contribution is -2.56. The van der Waals surface area contributed by atoms with Gasteiger partial charge in [0.15, 0.2) is 0 Å². The van der Waals surface area contributed by atoms with E-state index < -0.39 is 0 Å². The summed E-state index contributed by atoms with van der Waals surface area (Å²) < 4.78 is 0. The van der Waals surface area contributed by atoms with Crippen LogP contribution in [0.5, 0.6) is 0 Å². The fourth-order valence-electron chi connectivity index (χ4n) is 5.17. The van der Waals surface area contributed by atoms with Crippen molar-refractivity contribution in [2.24, 2.45) is 17.8 Å². The zero-order valence-electron chi connectivity index (χ0n) is 14.9. The van der Waals surface area contributed by atoms with E-state index in [0.29, 0.717) is 17.9 Å². The standard InChI is InChI=1S/C21H30N2/c1-13(2)7-8-17-18-10-16-12-21(4)14(3)20(17)23-19(18)11-15(16)6-5-9-22-21/h5-7,11,14,17-18,20,22-23H,8-10,12H2,1-4H3/b6-5-. The van der Waals surface area contributed by atoms with Gasteiger partial charge in [-0.3, -0.25) is 0 Å². The van der Waals surface area contributed by atoms with Gasteiger partial charge in [-0.15, -0.1) is 0 Å². The number of hydrogen-bond donors (Lipinski definition) is 2. The summed E-state index contributed by atoms with van der Waals surface area (Å²) in [7, 11) is 0. The Balaban J connectivity index is 1.80. The average Bonchev–Trinajstić information content (AvgIpc) is 2.85. The van der Waals surface area contributed by atoms with Gasteiger partial charge in [0.1, 0.15) is 0 Å². The molecule has 5 atom stereocenters. The summed E-state index contributed by atoms with van der Waals surface area (Å²) >= 11 is 0. The first-order valence-electron chi connectivity index (χ1n) is 9.23. The molecule has 4 bridgehead atoms. The van der Waals surface area contributed by atoms with Gasteiger partial charge in [-0.05, 0) is 63.5 Å². The molecule has 0 aromatic rings. The molecule has 1 saturated carbocycles. The summed E-state index contributed by atoms with van der Waals surface area (Å²) in [5.41, 5.74) is 6.28. The van der Waals surface area contributed by atoms with Gasteiger partial charge in [-0.25, -0.2) is 0 Å². The van der Waals surface area contributed by atoms with Crippen LogP contribution in [0.15, 0.2) is 46.7 Å². The highest BCUT2D eigenvalue weighted by molar-refractivity contribution is 5.46. The average molecular weight is 310 g/mol. The molecule has 4 aliphatic rings. The van der Waals surface area contributed by atoms with E-state index in [4.69, 9.17) is 0 Å². The largest absolute Gasteiger partial charge is 0.385 e. The molecule has 2 aliphatic heterocycles. The molecular weight excluding hydrogens is 280 g/mol. The molecule has 2 fully saturated rings. The monoisotopic (exact) mass is 310 g/mol. The van der Waals surface area contributed by atoms with Gasteiger partial charge in [0.05, 0.1) is 0 Å². The molecule has 4 rings (SSSR count). The molecule has 124 valence electrons. The first-order chi connectivity index (χ1) is 11.0. The topological polar surface area (TPSA) is 24.1 Å². The Labute approximate surface area is 140 Å². The van der Waals surface area contributed by atoms with Crippen LogP contribution in [0, 0.1) is 17.8 Å². The van der Waals surface area contributed by atoms with Crippen molar-refractivity contribution >= 4 is 0 Å². The van der Waals surface area contributed by atoms with Crippen molar-refractivity contribution in [3.05, 3.63) is 46.7 Å². The van der Waals surface area contributed by atoms with Crippen molar-refractivity contribution in [1.29, 1.82) is 0 Å². The van der Waals surface area contributed by atoms with E-state index in [-0.39, 0.29) is 5.54 Å². The van der Waals surface area contributed by atoms with Gasteiger partial charge in [-0.1, -0.05) is 36.3 Å². The Hall–Kier alpha value is -1.28. The van der Waals surface area contributed by atoms with Crippen LogP contribution in [0.3, 0.4) is 0 Å².